The summed E-state index contributed by atoms with van der Waals surface area (Å²) in [6, 6.07) is 6.15. The lowest BCUT2D eigenvalue weighted by Crippen LogP contribution is -2.23. The number of aliphatic imine (C=N–C) groups is 1. The van der Waals surface area contributed by atoms with Crippen molar-refractivity contribution in [2.75, 3.05) is 13.2 Å². The van der Waals surface area contributed by atoms with Crippen LogP contribution in [-0.4, -0.2) is 19.1 Å². The number of aryl methyl sites for hydroxylation is 2. The van der Waals surface area contributed by atoms with Crippen LogP contribution in [0.1, 0.15) is 24.0 Å². The second-order valence-electron chi connectivity index (χ2n) is 4.08. The van der Waals surface area contributed by atoms with Gasteiger partial charge in [-0.25, -0.2) is 0 Å². The number of hydrogen-bond donors (Lipinski definition) is 2. The molecule has 0 aromatic heterocycles. The van der Waals surface area contributed by atoms with E-state index in [0.717, 1.165) is 18.6 Å². The van der Waals surface area contributed by atoms with E-state index >= 15 is 0 Å². The monoisotopic (exact) mass is 235 g/mol. The van der Waals surface area contributed by atoms with Crippen molar-refractivity contribution in [2.45, 2.75) is 26.7 Å². The Labute approximate surface area is 103 Å². The molecule has 1 rings (SSSR count). The van der Waals surface area contributed by atoms with Crippen molar-refractivity contribution < 1.29 is 4.74 Å². The molecule has 0 aliphatic rings. The first-order valence-corrected chi connectivity index (χ1v) is 5.85. The molecule has 0 aliphatic carbocycles. The Morgan fingerprint density at radius 2 is 1.82 bits per heavy atom. The molecule has 0 aliphatic heterocycles. The molecule has 94 valence electrons. The summed E-state index contributed by atoms with van der Waals surface area (Å²) in [5.74, 6) is 1.15. The van der Waals surface area contributed by atoms with Crippen molar-refractivity contribution in [1.82, 2.24) is 0 Å². The lowest BCUT2D eigenvalue weighted by Gasteiger charge is -2.11. The predicted molar refractivity (Wildman–Crippen MR) is 71.3 cm³/mol. The fraction of sp³-hybridized carbons (Fsp3) is 0.462. The second kappa shape index (κ2) is 6.78. The molecule has 0 heterocycles. The largest absolute Gasteiger partial charge is 0.493 e. The molecule has 17 heavy (non-hydrogen) atoms. The number of hydrogen-bond acceptors (Lipinski definition) is 2. The fourth-order valence-corrected chi connectivity index (χ4v) is 1.62. The molecule has 0 amide bonds. The number of nitrogens with zero attached hydrogens (tertiary/aromatic N) is 1. The van der Waals surface area contributed by atoms with Crippen LogP contribution in [0.5, 0.6) is 5.75 Å². The Bertz CT molecular complexity index is 364. The zero-order valence-corrected chi connectivity index (χ0v) is 10.6. The van der Waals surface area contributed by atoms with Gasteiger partial charge in [0.1, 0.15) is 5.75 Å². The Hall–Kier alpha value is -1.71. The van der Waals surface area contributed by atoms with Gasteiger partial charge >= 0.3 is 0 Å². The Balaban J connectivity index is 2.29. The first kappa shape index (κ1) is 13.4. The summed E-state index contributed by atoms with van der Waals surface area (Å²) in [6.07, 6.45) is 1.88. The average molecular weight is 235 g/mol. The first-order chi connectivity index (χ1) is 8.11. The van der Waals surface area contributed by atoms with Crippen molar-refractivity contribution in [2.24, 2.45) is 16.5 Å². The quantitative estimate of drug-likeness (QED) is 0.448. The second-order valence-corrected chi connectivity index (χ2v) is 4.08. The number of guanidine groups is 1. The number of para-hydroxylation sites is 1. The number of unbranched alkanes of at least 4 members (excludes halogenated alkanes) is 1. The minimum absolute atomic E-state index is 0.153. The minimum Gasteiger partial charge on any atom is -0.493 e. The van der Waals surface area contributed by atoms with Crippen LogP contribution in [0.3, 0.4) is 0 Å². The van der Waals surface area contributed by atoms with Gasteiger partial charge in [0.2, 0.25) is 0 Å². The van der Waals surface area contributed by atoms with Crippen molar-refractivity contribution in [3.63, 3.8) is 0 Å². The van der Waals surface area contributed by atoms with E-state index in [-0.39, 0.29) is 5.96 Å². The maximum Gasteiger partial charge on any atom is 0.185 e. The number of rotatable bonds is 6. The van der Waals surface area contributed by atoms with Gasteiger partial charge < -0.3 is 16.2 Å². The Kier molecular flexibility index (Phi) is 5.33. The zero-order chi connectivity index (χ0) is 12.7. The van der Waals surface area contributed by atoms with Crippen molar-refractivity contribution >= 4 is 5.96 Å². The number of nitrogens with two attached hydrogens (primary N) is 2. The van der Waals surface area contributed by atoms with E-state index in [1.54, 1.807) is 0 Å². The molecule has 0 atom stereocenters. The predicted octanol–water partition coefficient (Wildman–Crippen LogP) is 1.74. The van der Waals surface area contributed by atoms with Gasteiger partial charge in [-0.15, -0.1) is 0 Å². The lowest BCUT2D eigenvalue weighted by molar-refractivity contribution is 0.304. The molecule has 4 nitrogen and oxygen atoms in total. The topological polar surface area (TPSA) is 73.6 Å². The summed E-state index contributed by atoms with van der Waals surface area (Å²) in [6.45, 7) is 5.48. The van der Waals surface area contributed by atoms with Crippen LogP contribution in [0.15, 0.2) is 23.2 Å². The van der Waals surface area contributed by atoms with Gasteiger partial charge in [-0.1, -0.05) is 18.2 Å². The van der Waals surface area contributed by atoms with Gasteiger partial charge in [0.15, 0.2) is 5.96 Å². The summed E-state index contributed by atoms with van der Waals surface area (Å²) in [7, 11) is 0. The Morgan fingerprint density at radius 1 is 1.18 bits per heavy atom. The molecule has 0 unspecified atom stereocenters. The molecule has 1 aromatic carbocycles. The Morgan fingerprint density at radius 3 is 2.41 bits per heavy atom. The van der Waals surface area contributed by atoms with Gasteiger partial charge in [-0.2, -0.15) is 0 Å². The van der Waals surface area contributed by atoms with Crippen molar-refractivity contribution in [3.05, 3.63) is 29.3 Å². The SMILES string of the molecule is Cc1cccc(C)c1OCCCCN=C(N)N. The van der Waals surface area contributed by atoms with Gasteiger partial charge in [-0.3, -0.25) is 4.99 Å². The van der Waals surface area contributed by atoms with Gasteiger partial charge in [0, 0.05) is 6.54 Å². The summed E-state index contributed by atoms with van der Waals surface area (Å²) in [4.78, 5) is 3.92. The van der Waals surface area contributed by atoms with Gasteiger partial charge in [0.25, 0.3) is 0 Å². The van der Waals surface area contributed by atoms with E-state index in [9.17, 15) is 0 Å². The summed E-state index contributed by atoms with van der Waals surface area (Å²) in [5, 5.41) is 0. The third-order valence-electron chi connectivity index (χ3n) is 2.50. The van der Waals surface area contributed by atoms with Crippen LogP contribution >= 0.6 is 0 Å². The molecule has 4 heteroatoms. The normalized spacial score (nSPS) is 10.0. The third kappa shape index (κ3) is 4.76. The highest BCUT2D eigenvalue weighted by Crippen LogP contribution is 2.22. The van der Waals surface area contributed by atoms with E-state index in [1.807, 2.05) is 6.07 Å². The highest BCUT2D eigenvalue weighted by molar-refractivity contribution is 5.75. The van der Waals surface area contributed by atoms with E-state index in [1.165, 1.54) is 11.1 Å². The third-order valence-corrected chi connectivity index (χ3v) is 2.50. The standard InChI is InChI=1S/C13H21N3O/c1-10-6-5-7-11(2)12(10)17-9-4-3-8-16-13(14)15/h5-7H,3-4,8-9H2,1-2H3,(H4,14,15,16). The molecule has 0 fully saturated rings. The minimum atomic E-state index is 0.153. The highest BCUT2D eigenvalue weighted by Gasteiger charge is 2.02. The summed E-state index contributed by atoms with van der Waals surface area (Å²) >= 11 is 0. The van der Waals surface area contributed by atoms with Gasteiger partial charge in [-0.05, 0) is 37.8 Å². The van der Waals surface area contributed by atoms with Crippen LogP contribution in [0.2, 0.25) is 0 Å². The molecule has 0 spiro atoms. The summed E-state index contributed by atoms with van der Waals surface area (Å²) < 4.78 is 5.76. The van der Waals surface area contributed by atoms with Crippen LogP contribution < -0.4 is 16.2 Å². The molecule has 0 bridgehead atoms. The maximum absolute atomic E-state index is 5.76. The average Bonchev–Trinajstić information content (AvgIpc) is 2.26. The molecule has 0 saturated carbocycles. The van der Waals surface area contributed by atoms with E-state index in [2.05, 4.69) is 31.0 Å². The fourth-order valence-electron chi connectivity index (χ4n) is 1.62. The van der Waals surface area contributed by atoms with Crippen LogP contribution in [0, 0.1) is 13.8 Å². The van der Waals surface area contributed by atoms with E-state index in [4.69, 9.17) is 16.2 Å². The van der Waals surface area contributed by atoms with Crippen LogP contribution in [-0.2, 0) is 0 Å². The summed E-state index contributed by atoms with van der Waals surface area (Å²) in [5.41, 5.74) is 12.8. The molecular formula is C13H21N3O. The van der Waals surface area contributed by atoms with E-state index in [0.29, 0.717) is 13.2 Å². The lowest BCUT2D eigenvalue weighted by atomic mass is 10.1. The zero-order valence-electron chi connectivity index (χ0n) is 10.6. The van der Waals surface area contributed by atoms with Gasteiger partial charge in [0.05, 0.1) is 6.61 Å². The molecule has 1 aromatic rings. The molecule has 0 radical (unpaired) electrons. The van der Waals surface area contributed by atoms with Crippen molar-refractivity contribution in [3.8, 4) is 5.75 Å². The maximum atomic E-state index is 5.76. The number of benzene rings is 1. The molecule has 4 N–H and O–H groups in total. The van der Waals surface area contributed by atoms with Crippen LogP contribution in [0.25, 0.3) is 0 Å². The first-order valence-electron chi connectivity index (χ1n) is 5.85. The highest BCUT2D eigenvalue weighted by atomic mass is 16.5. The molecule has 0 saturated heterocycles. The van der Waals surface area contributed by atoms with Crippen molar-refractivity contribution in [1.29, 1.82) is 0 Å². The van der Waals surface area contributed by atoms with Crippen LogP contribution in [0.4, 0.5) is 0 Å². The molecular weight excluding hydrogens is 214 g/mol. The van der Waals surface area contributed by atoms with E-state index < -0.39 is 0 Å². The smallest absolute Gasteiger partial charge is 0.185 e. The number of ether oxygens (including phenoxy) is 1.